The van der Waals surface area contributed by atoms with Gasteiger partial charge in [0.05, 0.1) is 7.11 Å². The molecule has 1 aromatic rings. The molecule has 2 fully saturated rings. The van der Waals surface area contributed by atoms with Crippen LogP contribution in [0.15, 0.2) is 29.3 Å². The third-order valence-corrected chi connectivity index (χ3v) is 7.74. The lowest BCUT2D eigenvalue weighted by Gasteiger charge is -2.30. The Morgan fingerprint density at radius 3 is 2.57 bits per heavy atom. The molecular formula is C21H34IN3O2S. The summed E-state index contributed by atoms with van der Waals surface area (Å²) in [6.07, 6.45) is 6.73. The molecule has 0 heterocycles. The van der Waals surface area contributed by atoms with Crippen molar-refractivity contribution >= 4 is 40.7 Å². The Balaban J connectivity index is 0.00000280. The van der Waals surface area contributed by atoms with E-state index in [0.717, 1.165) is 49.7 Å². The summed E-state index contributed by atoms with van der Waals surface area (Å²) >= 11 is 0. The molecule has 2 N–H and O–H groups in total. The summed E-state index contributed by atoms with van der Waals surface area (Å²) in [5, 5.41) is 7.43. The molecule has 158 valence electrons. The van der Waals surface area contributed by atoms with Gasteiger partial charge in [-0.25, -0.2) is 0 Å². The molecular weight excluding hydrogens is 485 g/mol. The van der Waals surface area contributed by atoms with Crippen molar-refractivity contribution in [2.24, 2.45) is 4.99 Å². The number of aliphatic imine (C=N–C) groups is 1. The first-order chi connectivity index (χ1) is 13.1. The minimum atomic E-state index is -0.697. The fraction of sp³-hybridized carbons (Fsp3) is 0.667. The second kappa shape index (κ2) is 10.8. The Bertz CT molecular complexity index is 677. The molecule has 1 aromatic carbocycles. The van der Waals surface area contributed by atoms with Crippen molar-refractivity contribution < 1.29 is 8.95 Å². The topological polar surface area (TPSA) is 62.7 Å². The average Bonchev–Trinajstić information content (AvgIpc) is 3.52. The fourth-order valence-corrected chi connectivity index (χ4v) is 5.40. The molecule has 3 unspecified atom stereocenters. The van der Waals surface area contributed by atoms with E-state index in [2.05, 4.69) is 27.8 Å². The van der Waals surface area contributed by atoms with E-state index >= 15 is 0 Å². The number of rotatable bonds is 7. The molecule has 0 radical (unpaired) electrons. The van der Waals surface area contributed by atoms with E-state index in [0.29, 0.717) is 11.3 Å². The van der Waals surface area contributed by atoms with Crippen molar-refractivity contribution in [3.8, 4) is 5.75 Å². The molecule has 0 saturated heterocycles. The molecule has 0 amide bonds. The van der Waals surface area contributed by atoms with Gasteiger partial charge in [0.2, 0.25) is 0 Å². The normalized spacial score (nSPS) is 24.6. The van der Waals surface area contributed by atoms with Gasteiger partial charge in [0, 0.05) is 46.9 Å². The number of hydrogen-bond donors (Lipinski definition) is 2. The number of hydrogen-bond acceptors (Lipinski definition) is 3. The predicted molar refractivity (Wildman–Crippen MR) is 129 cm³/mol. The number of benzene rings is 1. The lowest BCUT2D eigenvalue weighted by atomic mass is 9.95. The highest BCUT2D eigenvalue weighted by Gasteiger charge is 2.44. The first-order valence-electron chi connectivity index (χ1n) is 10.1. The second-order valence-corrected chi connectivity index (χ2v) is 9.74. The van der Waals surface area contributed by atoms with Gasteiger partial charge in [-0.05, 0) is 49.8 Å². The van der Waals surface area contributed by atoms with Gasteiger partial charge in [-0.3, -0.25) is 9.20 Å². The second-order valence-electron chi connectivity index (χ2n) is 7.73. The average molecular weight is 519 g/mol. The Kier molecular flexibility index (Phi) is 9.05. The molecule has 0 spiro atoms. The molecule has 7 heteroatoms. The number of nitrogens with one attached hydrogen (secondary N) is 2. The molecule has 0 aromatic heterocycles. The summed E-state index contributed by atoms with van der Waals surface area (Å²) in [5.74, 6) is 2.52. The molecule has 0 bridgehead atoms. The monoisotopic (exact) mass is 519 g/mol. The van der Waals surface area contributed by atoms with Crippen molar-refractivity contribution in [1.29, 1.82) is 0 Å². The summed E-state index contributed by atoms with van der Waals surface area (Å²) in [4.78, 5) is 4.42. The van der Waals surface area contributed by atoms with E-state index < -0.39 is 10.8 Å². The highest BCUT2D eigenvalue weighted by Crippen LogP contribution is 2.47. The van der Waals surface area contributed by atoms with Gasteiger partial charge in [0.25, 0.3) is 0 Å². The third-order valence-electron chi connectivity index (χ3n) is 6.00. The maximum absolute atomic E-state index is 12.2. The highest BCUT2D eigenvalue weighted by atomic mass is 127. The Morgan fingerprint density at radius 1 is 1.29 bits per heavy atom. The van der Waals surface area contributed by atoms with Crippen LogP contribution in [0.3, 0.4) is 0 Å². The van der Waals surface area contributed by atoms with Crippen LogP contribution in [0.25, 0.3) is 0 Å². The summed E-state index contributed by atoms with van der Waals surface area (Å²) in [6.45, 7) is 2.90. The van der Waals surface area contributed by atoms with Gasteiger partial charge < -0.3 is 15.4 Å². The van der Waals surface area contributed by atoms with E-state index in [9.17, 15) is 4.21 Å². The van der Waals surface area contributed by atoms with E-state index in [-0.39, 0.29) is 29.4 Å². The molecule has 0 aliphatic heterocycles. The molecule has 3 atom stereocenters. The number of nitrogens with zero attached hydrogens (tertiary/aromatic N) is 1. The summed E-state index contributed by atoms with van der Waals surface area (Å²) < 4.78 is 17.4. The minimum Gasteiger partial charge on any atom is -0.497 e. The molecule has 5 nitrogen and oxygen atoms in total. The zero-order valence-corrected chi connectivity index (χ0v) is 20.3. The Labute approximate surface area is 189 Å². The maximum atomic E-state index is 12.2. The summed E-state index contributed by atoms with van der Waals surface area (Å²) in [7, 11) is 2.83. The van der Waals surface area contributed by atoms with Gasteiger partial charge in [0.15, 0.2) is 5.96 Å². The van der Waals surface area contributed by atoms with E-state index in [1.54, 1.807) is 7.11 Å². The number of methoxy groups -OCH3 is 1. The zero-order valence-electron chi connectivity index (χ0n) is 17.2. The van der Waals surface area contributed by atoms with Crippen LogP contribution in [0.2, 0.25) is 0 Å². The molecule has 2 aliphatic carbocycles. The van der Waals surface area contributed by atoms with Gasteiger partial charge in [-0.15, -0.1) is 24.0 Å². The van der Waals surface area contributed by atoms with E-state index in [4.69, 9.17) is 4.74 Å². The lowest BCUT2D eigenvalue weighted by molar-refractivity contribution is 0.412. The lowest BCUT2D eigenvalue weighted by Crippen LogP contribution is -2.48. The van der Waals surface area contributed by atoms with Crippen molar-refractivity contribution in [3.05, 3.63) is 29.8 Å². The first-order valence-corrected chi connectivity index (χ1v) is 11.5. The number of halogens is 1. The fourth-order valence-electron chi connectivity index (χ4n) is 4.05. The van der Waals surface area contributed by atoms with Crippen molar-refractivity contribution in [2.75, 3.05) is 26.5 Å². The van der Waals surface area contributed by atoms with Crippen LogP contribution in [0, 0.1) is 0 Å². The standard InChI is InChI=1S/C21H33N3O2S.HI/c1-4-27(25)19-7-5-6-17(14-19)24-20(22-2)23-15-21(12-13-21)16-8-10-18(26-3)11-9-16;/h8-11,17,19H,4-7,12-15H2,1-3H3,(H2,22,23,24);1H. The van der Waals surface area contributed by atoms with Gasteiger partial charge in [-0.1, -0.05) is 25.5 Å². The van der Waals surface area contributed by atoms with Crippen LogP contribution in [-0.4, -0.2) is 47.9 Å². The zero-order chi connectivity index (χ0) is 19.3. The molecule has 28 heavy (non-hydrogen) atoms. The highest BCUT2D eigenvalue weighted by molar-refractivity contribution is 14.0. The van der Waals surface area contributed by atoms with E-state index in [1.807, 2.05) is 26.1 Å². The van der Waals surface area contributed by atoms with Gasteiger partial charge in [0.1, 0.15) is 5.75 Å². The van der Waals surface area contributed by atoms with Crippen LogP contribution < -0.4 is 15.4 Å². The summed E-state index contributed by atoms with van der Waals surface area (Å²) in [6, 6.07) is 8.80. The number of guanidine groups is 1. The van der Waals surface area contributed by atoms with Crippen molar-refractivity contribution in [2.45, 2.75) is 62.2 Å². The SMILES string of the molecule is CCS(=O)C1CCCC(NC(=NC)NCC2(c3ccc(OC)cc3)CC2)C1.I. The molecule has 2 saturated carbocycles. The van der Waals surface area contributed by atoms with E-state index in [1.165, 1.54) is 18.4 Å². The maximum Gasteiger partial charge on any atom is 0.191 e. The summed E-state index contributed by atoms with van der Waals surface area (Å²) in [5.41, 5.74) is 1.57. The van der Waals surface area contributed by atoms with Crippen molar-refractivity contribution in [1.82, 2.24) is 10.6 Å². The first kappa shape index (κ1) is 23.4. The van der Waals surface area contributed by atoms with Crippen LogP contribution in [0.4, 0.5) is 0 Å². The minimum absolute atomic E-state index is 0. The van der Waals surface area contributed by atoms with Crippen LogP contribution in [0.1, 0.15) is 51.0 Å². The quantitative estimate of drug-likeness (QED) is 0.329. The van der Waals surface area contributed by atoms with Crippen LogP contribution in [-0.2, 0) is 16.2 Å². The van der Waals surface area contributed by atoms with Crippen LogP contribution >= 0.6 is 24.0 Å². The Morgan fingerprint density at radius 2 is 2.00 bits per heavy atom. The Hall–Kier alpha value is -0.830. The smallest absolute Gasteiger partial charge is 0.191 e. The third kappa shape index (κ3) is 5.84. The predicted octanol–water partition coefficient (Wildman–Crippen LogP) is 3.59. The molecule has 3 rings (SSSR count). The van der Waals surface area contributed by atoms with Gasteiger partial charge >= 0.3 is 0 Å². The number of ether oxygens (including phenoxy) is 1. The van der Waals surface area contributed by atoms with Crippen molar-refractivity contribution in [3.63, 3.8) is 0 Å². The van der Waals surface area contributed by atoms with Gasteiger partial charge in [-0.2, -0.15) is 0 Å². The molecule has 2 aliphatic rings. The largest absolute Gasteiger partial charge is 0.497 e. The van der Waals surface area contributed by atoms with Crippen LogP contribution in [0.5, 0.6) is 5.75 Å².